The van der Waals surface area contributed by atoms with Crippen LogP contribution in [0.3, 0.4) is 0 Å². The van der Waals surface area contributed by atoms with Gasteiger partial charge in [0.2, 0.25) is 0 Å². The van der Waals surface area contributed by atoms with Crippen LogP contribution in [0.1, 0.15) is 13.8 Å². The number of benzene rings is 2. The number of pyridine rings is 1. The molecule has 0 spiro atoms. The van der Waals surface area contributed by atoms with Gasteiger partial charge in [0.15, 0.2) is 0 Å². The van der Waals surface area contributed by atoms with E-state index in [2.05, 4.69) is 60.5 Å². The Balaban J connectivity index is 0.00000133. The number of fused-ring (bicyclic) bond motifs is 3. The Hall–Kier alpha value is -1.09. The number of hydrogen-bond acceptors (Lipinski definition) is 2. The van der Waals surface area contributed by atoms with E-state index in [4.69, 9.17) is 0 Å². The summed E-state index contributed by atoms with van der Waals surface area (Å²) in [5.74, 6) is 0. The van der Waals surface area contributed by atoms with Crippen LogP contribution in [-0.4, -0.2) is 40.6 Å². The average Bonchev–Trinajstić information content (AvgIpc) is 2.38. The second-order valence-corrected chi connectivity index (χ2v) is 4.87. The Bertz CT molecular complexity index is 707. The van der Waals surface area contributed by atoms with Crippen molar-refractivity contribution < 1.29 is 0 Å². The number of anilines is 1. The summed E-state index contributed by atoms with van der Waals surface area (Å²) in [6, 6.07) is 13.2. The van der Waals surface area contributed by atoms with Gasteiger partial charge in [-0.15, -0.1) is 0 Å². The molecule has 0 bridgehead atoms. The summed E-state index contributed by atoms with van der Waals surface area (Å²) < 4.78 is 0. The van der Waals surface area contributed by atoms with Gasteiger partial charge in [-0.25, -0.2) is 0 Å². The topological polar surface area (TPSA) is 24.9 Å². The van der Waals surface area contributed by atoms with Gasteiger partial charge < -0.3 is 5.32 Å². The summed E-state index contributed by atoms with van der Waals surface area (Å²) in [4.78, 5) is 4.26. The van der Waals surface area contributed by atoms with E-state index in [9.17, 15) is 0 Å². The molecule has 0 saturated carbocycles. The first kappa shape index (κ1) is 14.3. The monoisotopic (exact) mass is 260 g/mol. The maximum absolute atomic E-state index is 4.26. The normalized spacial score (nSPS) is 10.7. The molecule has 3 heteroatoms. The predicted octanol–water partition coefficient (Wildman–Crippen LogP) is 3.56. The van der Waals surface area contributed by atoms with E-state index in [-0.39, 0.29) is 29.6 Å². The van der Waals surface area contributed by atoms with Crippen molar-refractivity contribution in [2.45, 2.75) is 19.9 Å². The quantitative estimate of drug-likeness (QED) is 0.563. The van der Waals surface area contributed by atoms with E-state index in [0.29, 0.717) is 6.04 Å². The van der Waals surface area contributed by atoms with Crippen molar-refractivity contribution in [3.8, 4) is 0 Å². The Labute approximate surface area is 135 Å². The molecule has 0 radical (unpaired) electrons. The Morgan fingerprint density at radius 3 is 2.58 bits per heavy atom. The third kappa shape index (κ3) is 2.76. The molecule has 0 saturated heterocycles. The SMILES string of the molecule is CC(C)Nc1cc2ccccc2c2cnccc12.[NaH]. The molecule has 19 heavy (non-hydrogen) atoms. The zero-order chi connectivity index (χ0) is 12.5. The molecule has 3 rings (SSSR count). The molecular weight excluding hydrogens is 243 g/mol. The first-order valence-corrected chi connectivity index (χ1v) is 6.28. The van der Waals surface area contributed by atoms with Gasteiger partial charge in [-0.1, -0.05) is 24.3 Å². The minimum absolute atomic E-state index is 0. The van der Waals surface area contributed by atoms with E-state index in [0.717, 1.165) is 0 Å². The second kappa shape index (κ2) is 5.91. The van der Waals surface area contributed by atoms with E-state index in [1.165, 1.54) is 27.2 Å². The Kier molecular flexibility index (Phi) is 4.46. The molecule has 0 unspecified atom stereocenters. The van der Waals surface area contributed by atoms with E-state index < -0.39 is 0 Å². The predicted molar refractivity (Wildman–Crippen MR) is 85.2 cm³/mol. The van der Waals surface area contributed by atoms with E-state index in [1.807, 2.05) is 12.4 Å². The summed E-state index contributed by atoms with van der Waals surface area (Å²) in [5, 5.41) is 8.46. The summed E-state index contributed by atoms with van der Waals surface area (Å²) in [6.07, 6.45) is 3.80. The van der Waals surface area contributed by atoms with Crippen LogP contribution < -0.4 is 5.32 Å². The van der Waals surface area contributed by atoms with Crippen LogP contribution in [0.15, 0.2) is 48.8 Å². The summed E-state index contributed by atoms with van der Waals surface area (Å²) in [6.45, 7) is 4.31. The van der Waals surface area contributed by atoms with Crippen molar-refractivity contribution in [3.05, 3.63) is 48.8 Å². The van der Waals surface area contributed by atoms with Gasteiger partial charge in [0.25, 0.3) is 0 Å². The molecule has 1 aromatic heterocycles. The second-order valence-electron chi connectivity index (χ2n) is 4.87. The zero-order valence-electron chi connectivity index (χ0n) is 10.6. The van der Waals surface area contributed by atoms with Crippen LogP contribution in [0.25, 0.3) is 21.5 Å². The Morgan fingerprint density at radius 1 is 1.00 bits per heavy atom. The number of nitrogens with one attached hydrogen (secondary N) is 1. The first-order chi connectivity index (χ1) is 8.75. The number of rotatable bonds is 2. The van der Waals surface area contributed by atoms with Crippen molar-refractivity contribution in [1.82, 2.24) is 4.98 Å². The van der Waals surface area contributed by atoms with Crippen molar-refractivity contribution in [3.63, 3.8) is 0 Å². The van der Waals surface area contributed by atoms with Crippen LogP contribution in [0.4, 0.5) is 5.69 Å². The van der Waals surface area contributed by atoms with E-state index in [1.54, 1.807) is 0 Å². The molecule has 1 N–H and O–H groups in total. The molecule has 0 fully saturated rings. The molecular formula is C16H17N2Na. The van der Waals surface area contributed by atoms with Gasteiger partial charge in [0.05, 0.1) is 0 Å². The summed E-state index contributed by atoms with van der Waals surface area (Å²) in [5.41, 5.74) is 1.18. The van der Waals surface area contributed by atoms with Crippen molar-refractivity contribution in [1.29, 1.82) is 0 Å². The van der Waals surface area contributed by atoms with Crippen LogP contribution >= 0.6 is 0 Å². The maximum atomic E-state index is 4.26. The molecule has 3 aromatic rings. The van der Waals surface area contributed by atoms with Crippen LogP contribution in [0.2, 0.25) is 0 Å². The summed E-state index contributed by atoms with van der Waals surface area (Å²) in [7, 11) is 0. The van der Waals surface area contributed by atoms with Crippen LogP contribution in [-0.2, 0) is 0 Å². The number of hydrogen-bond donors (Lipinski definition) is 1. The van der Waals surface area contributed by atoms with Gasteiger partial charge in [0, 0.05) is 34.9 Å². The molecule has 2 nitrogen and oxygen atoms in total. The van der Waals surface area contributed by atoms with Crippen molar-refractivity contribution >= 4 is 56.8 Å². The fourth-order valence-corrected chi connectivity index (χ4v) is 2.38. The molecule has 0 aliphatic rings. The van der Waals surface area contributed by atoms with Crippen molar-refractivity contribution in [2.24, 2.45) is 0 Å². The van der Waals surface area contributed by atoms with Gasteiger partial charge in [-0.2, -0.15) is 0 Å². The molecule has 2 aromatic carbocycles. The fraction of sp³-hybridized carbons (Fsp3) is 0.188. The van der Waals surface area contributed by atoms with Gasteiger partial charge in [0.1, 0.15) is 0 Å². The first-order valence-electron chi connectivity index (χ1n) is 6.28. The van der Waals surface area contributed by atoms with Crippen LogP contribution in [0, 0.1) is 0 Å². The van der Waals surface area contributed by atoms with Crippen molar-refractivity contribution in [2.75, 3.05) is 5.32 Å². The third-order valence-electron chi connectivity index (χ3n) is 3.11. The van der Waals surface area contributed by atoms with Gasteiger partial charge in [-0.3, -0.25) is 4.98 Å². The van der Waals surface area contributed by atoms with Crippen LogP contribution in [0.5, 0.6) is 0 Å². The van der Waals surface area contributed by atoms with Gasteiger partial charge in [-0.05, 0) is 36.8 Å². The molecule has 0 aliphatic carbocycles. The molecule has 0 amide bonds. The molecule has 0 atom stereocenters. The minimum atomic E-state index is 0. The van der Waals surface area contributed by atoms with Gasteiger partial charge >= 0.3 is 29.6 Å². The number of aromatic nitrogens is 1. The molecule has 1 heterocycles. The van der Waals surface area contributed by atoms with E-state index >= 15 is 0 Å². The Morgan fingerprint density at radius 2 is 1.79 bits per heavy atom. The number of nitrogens with zero attached hydrogens (tertiary/aromatic N) is 1. The third-order valence-corrected chi connectivity index (χ3v) is 3.11. The standard InChI is InChI=1S/C16H16N2.Na.H/c1-11(2)18-16-9-12-5-3-4-6-13(12)15-10-17-8-7-14(15)16;;/h3-11,18H,1-2H3;;. The fourth-order valence-electron chi connectivity index (χ4n) is 2.38. The molecule has 92 valence electrons. The molecule has 0 aliphatic heterocycles. The summed E-state index contributed by atoms with van der Waals surface area (Å²) >= 11 is 0. The zero-order valence-corrected chi connectivity index (χ0v) is 10.6. The average molecular weight is 260 g/mol.